The number of fused-ring (bicyclic) bond motifs is 4. The van der Waals surface area contributed by atoms with Gasteiger partial charge in [-0.15, -0.1) is 54.1 Å². The number of benzene rings is 8. The van der Waals surface area contributed by atoms with E-state index in [0.29, 0.717) is 0 Å². The minimum Gasteiger partial charge on any atom is -0.501 e. The molecule has 0 N–H and O–H groups in total. The maximum atomic E-state index is 6.78. The molecule has 8 aromatic carbocycles. The van der Waals surface area contributed by atoms with Crippen LogP contribution in [0, 0.1) is 12.1 Å². The van der Waals surface area contributed by atoms with Crippen LogP contribution in [0.25, 0.3) is 94.7 Å². The summed E-state index contributed by atoms with van der Waals surface area (Å²) in [5.74, 6) is 1.35. The summed E-state index contributed by atoms with van der Waals surface area (Å²) < 4.78 is 9.15. The van der Waals surface area contributed by atoms with Gasteiger partial charge in [0.15, 0.2) is 0 Å². The van der Waals surface area contributed by atoms with Crippen molar-refractivity contribution in [3.63, 3.8) is 0 Å². The Morgan fingerprint density at radius 3 is 1.74 bits per heavy atom. The Kier molecular flexibility index (Phi) is 13.6. The number of hydrogen-bond donors (Lipinski definition) is 0. The Hall–Kier alpha value is -6.95. The van der Waals surface area contributed by atoms with Crippen molar-refractivity contribution in [2.24, 2.45) is 0 Å². The first-order valence-corrected chi connectivity index (χ1v) is 27.2. The van der Waals surface area contributed by atoms with Crippen LogP contribution in [0.5, 0.6) is 0 Å². The van der Waals surface area contributed by atoms with E-state index in [0.717, 1.165) is 66.7 Å². The fourth-order valence-electron chi connectivity index (χ4n) is 9.16. The number of rotatable bonds is 9. The van der Waals surface area contributed by atoms with Crippen molar-refractivity contribution < 1.29 is 24.5 Å². The van der Waals surface area contributed by atoms with Crippen LogP contribution in [0.3, 0.4) is 0 Å². The predicted molar refractivity (Wildman–Crippen MR) is 289 cm³/mol. The number of hydrogen-bond acceptors (Lipinski definition) is 3. The van der Waals surface area contributed by atoms with Gasteiger partial charge in [0.25, 0.3) is 0 Å². The van der Waals surface area contributed by atoms with E-state index in [9.17, 15) is 0 Å². The molecule has 0 atom stereocenters. The number of furan rings is 1. The van der Waals surface area contributed by atoms with E-state index in [4.69, 9.17) is 9.40 Å². The molecular weight excluding hydrogens is 1040 g/mol. The smallest absolute Gasteiger partial charge is 0.121 e. The molecule has 0 fully saturated rings. The molecule has 11 rings (SSSR count). The molecule has 0 spiro atoms. The predicted octanol–water partition coefficient (Wildman–Crippen LogP) is 16.7. The fourth-order valence-corrected chi connectivity index (χ4v) is 10.2. The van der Waals surface area contributed by atoms with Crippen LogP contribution in [0.1, 0.15) is 50.7 Å². The molecule has 1 radical (unpaired) electrons. The van der Waals surface area contributed by atoms with Crippen LogP contribution in [0.4, 0.5) is 0 Å². The van der Waals surface area contributed by atoms with Crippen LogP contribution in [0.2, 0.25) is 19.6 Å². The summed E-state index contributed by atoms with van der Waals surface area (Å²) in [6.45, 7) is 16.2. The van der Waals surface area contributed by atoms with Gasteiger partial charge in [0, 0.05) is 37.4 Å². The number of imidazole rings is 1. The maximum absolute atomic E-state index is 6.78. The summed E-state index contributed by atoms with van der Waals surface area (Å²) in [6, 6.07) is 72.9. The van der Waals surface area contributed by atoms with Crippen molar-refractivity contribution in [1.29, 1.82) is 0 Å². The monoisotopic (exact) mass is 1090 g/mol. The second-order valence-corrected chi connectivity index (χ2v) is 24.3. The van der Waals surface area contributed by atoms with Crippen LogP contribution in [-0.2, 0) is 20.1 Å². The summed E-state index contributed by atoms with van der Waals surface area (Å²) in [7, 11) is -1.23. The molecule has 3 aromatic heterocycles. The SMILES string of the molecule is CC(C)c1cc(-c2ccc(-c3ccccc3)cc2)cc(C(C)C)c1-n1c(-c2[c-]ccc3c2oc2cc(-c4ccccc4)ccc23)nc2ccccc21.C[Si](C)(C)c1ccc(-c2[c-]cccc2)nc1.[Ir]. The summed E-state index contributed by atoms with van der Waals surface area (Å²) in [5.41, 5.74) is 17.5. The third kappa shape index (κ3) is 9.58. The topological polar surface area (TPSA) is 43.9 Å². The molecule has 0 saturated carbocycles. The average Bonchev–Trinajstić information content (AvgIpc) is 3.95. The first-order chi connectivity index (χ1) is 33.0. The van der Waals surface area contributed by atoms with Gasteiger partial charge in [0.1, 0.15) is 5.58 Å². The molecule has 0 unspecified atom stereocenters. The van der Waals surface area contributed by atoms with Crippen molar-refractivity contribution in [3.05, 3.63) is 218 Å². The van der Waals surface area contributed by atoms with E-state index >= 15 is 0 Å². The average molecular weight is 1090 g/mol. The van der Waals surface area contributed by atoms with Crippen LogP contribution < -0.4 is 5.19 Å². The summed E-state index contributed by atoms with van der Waals surface area (Å²) >= 11 is 0. The largest absolute Gasteiger partial charge is 0.501 e. The second kappa shape index (κ2) is 19.9. The zero-order valence-electron chi connectivity index (χ0n) is 40.2. The Labute approximate surface area is 421 Å². The van der Waals surface area contributed by atoms with Crippen LogP contribution >= 0.6 is 0 Å². The molecule has 6 heteroatoms. The summed E-state index contributed by atoms with van der Waals surface area (Å²) in [4.78, 5) is 9.86. The minimum absolute atomic E-state index is 0. The number of nitrogens with zero attached hydrogens (tertiary/aromatic N) is 3. The fraction of sp³-hybridized carbons (Fsp3) is 0.143. The summed E-state index contributed by atoms with van der Waals surface area (Å²) in [5, 5.41) is 3.54. The molecule has 0 aliphatic carbocycles. The molecule has 4 nitrogen and oxygen atoms in total. The van der Waals surface area contributed by atoms with Gasteiger partial charge < -0.3 is 14.0 Å². The second-order valence-electron chi connectivity index (χ2n) is 19.2. The Morgan fingerprint density at radius 1 is 0.536 bits per heavy atom. The van der Waals surface area contributed by atoms with Gasteiger partial charge in [-0.2, -0.15) is 0 Å². The van der Waals surface area contributed by atoms with Gasteiger partial charge in [0.2, 0.25) is 0 Å². The van der Waals surface area contributed by atoms with Gasteiger partial charge in [0.05, 0.1) is 30.5 Å². The minimum atomic E-state index is -1.23. The van der Waals surface area contributed by atoms with E-state index in [1.165, 1.54) is 44.3 Å². The normalized spacial score (nSPS) is 11.6. The molecule has 0 saturated heterocycles. The zero-order valence-corrected chi connectivity index (χ0v) is 43.6. The number of pyridine rings is 1. The van der Waals surface area contributed by atoms with E-state index in [1.54, 1.807) is 0 Å². The van der Waals surface area contributed by atoms with Crippen LogP contribution in [-0.4, -0.2) is 22.6 Å². The van der Waals surface area contributed by atoms with Crippen molar-refractivity contribution >= 4 is 46.2 Å². The molecule has 69 heavy (non-hydrogen) atoms. The van der Waals surface area contributed by atoms with Crippen molar-refractivity contribution in [1.82, 2.24) is 14.5 Å². The molecule has 0 aliphatic rings. The number of para-hydroxylation sites is 2. The first kappa shape index (κ1) is 47.1. The standard InChI is InChI=1S/C49H39N2O.C14H16NSi.Ir/c1-31(2)42-28-38(36-24-22-35(23-25-36)33-14-7-5-8-15-33)29-43(32(3)4)47(42)51-45-21-12-11-20-44(45)50-49(51)41-19-13-18-40-39-27-26-37(30-46(39)52-48(40)41)34-16-9-6-10-17-34;1-16(2,3)13-9-10-14(15-11-13)12-7-5-4-6-8-12;/h5-18,20-32H,1-4H3;4-7,9-11H,1-3H3;/q2*-1;. The zero-order chi connectivity index (χ0) is 46.9. The molecule has 0 bridgehead atoms. The molecule has 3 heterocycles. The quantitative estimate of drug-likeness (QED) is 0.107. The van der Waals surface area contributed by atoms with Crippen LogP contribution in [0.15, 0.2) is 199 Å². The van der Waals surface area contributed by atoms with E-state index < -0.39 is 8.07 Å². The van der Waals surface area contributed by atoms with Gasteiger partial charge in [-0.05, 0) is 97.6 Å². The summed E-state index contributed by atoms with van der Waals surface area (Å²) in [6.07, 6.45) is 2.02. The molecule has 0 amide bonds. The number of aromatic nitrogens is 3. The molecule has 11 aromatic rings. The van der Waals surface area contributed by atoms with Crippen molar-refractivity contribution in [2.75, 3.05) is 0 Å². The Morgan fingerprint density at radius 2 is 1.13 bits per heavy atom. The Bertz CT molecular complexity index is 3490. The maximum Gasteiger partial charge on any atom is 0.121 e. The van der Waals surface area contributed by atoms with E-state index in [2.05, 4.69) is 221 Å². The van der Waals surface area contributed by atoms with Crippen molar-refractivity contribution in [2.45, 2.75) is 59.2 Å². The van der Waals surface area contributed by atoms with Gasteiger partial charge in [-0.3, -0.25) is 4.98 Å². The Balaban J connectivity index is 0.000000296. The first-order valence-electron chi connectivity index (χ1n) is 23.7. The van der Waals surface area contributed by atoms with Crippen molar-refractivity contribution in [3.8, 4) is 61.7 Å². The van der Waals surface area contributed by atoms with Gasteiger partial charge in [-0.25, -0.2) is 0 Å². The third-order valence-electron chi connectivity index (χ3n) is 12.9. The molecule has 343 valence electrons. The third-order valence-corrected chi connectivity index (χ3v) is 14.9. The van der Waals surface area contributed by atoms with E-state index in [-0.39, 0.29) is 31.9 Å². The molecule has 0 aliphatic heterocycles. The molecular formula is C63H55IrN3OSi-2. The van der Waals surface area contributed by atoms with Gasteiger partial charge in [-0.1, -0.05) is 180 Å². The van der Waals surface area contributed by atoms with E-state index in [1.807, 2.05) is 42.6 Å². The van der Waals surface area contributed by atoms with Gasteiger partial charge >= 0.3 is 0 Å².